The minimum Gasteiger partial charge on any atom is -0.482 e. The van der Waals surface area contributed by atoms with Crippen molar-refractivity contribution >= 4 is 17.8 Å². The minimum absolute atomic E-state index is 0.110. The lowest BCUT2D eigenvalue weighted by Crippen LogP contribution is -2.14. The van der Waals surface area contributed by atoms with Crippen LogP contribution in [0.15, 0.2) is 54.9 Å². The van der Waals surface area contributed by atoms with Gasteiger partial charge < -0.3 is 9.47 Å². The van der Waals surface area contributed by atoms with Crippen LogP contribution in [0.2, 0.25) is 0 Å². The van der Waals surface area contributed by atoms with E-state index in [1.165, 1.54) is 12.3 Å². The summed E-state index contributed by atoms with van der Waals surface area (Å²) >= 11 is 0. The summed E-state index contributed by atoms with van der Waals surface area (Å²) in [4.78, 5) is 27.0. The lowest BCUT2D eigenvalue weighted by atomic mass is 10.1. The predicted octanol–water partition coefficient (Wildman–Crippen LogP) is 2.92. The van der Waals surface area contributed by atoms with Gasteiger partial charge in [0.05, 0.1) is 6.61 Å². The van der Waals surface area contributed by atoms with Crippen LogP contribution in [0, 0.1) is 0 Å². The molecule has 0 spiro atoms. The lowest BCUT2D eigenvalue weighted by Gasteiger charge is -2.05. The maximum Gasteiger partial charge on any atom is 0.344 e. The molecule has 118 valence electrons. The Hall–Kier alpha value is -2.95. The Kier molecular flexibility index (Phi) is 6.06. The highest BCUT2D eigenvalue weighted by Gasteiger charge is 2.03. The number of allylic oxidation sites excluding steroid dienone is 1. The van der Waals surface area contributed by atoms with Crippen LogP contribution in [-0.4, -0.2) is 30.0 Å². The molecule has 1 aromatic carbocycles. The SMILES string of the molecule is CCOC(=O)COc1ccc(/C=C/C(=O)c2cccnc2)cc1. The van der Waals surface area contributed by atoms with E-state index in [-0.39, 0.29) is 12.4 Å². The summed E-state index contributed by atoms with van der Waals surface area (Å²) in [6.07, 6.45) is 6.35. The molecule has 1 heterocycles. The van der Waals surface area contributed by atoms with E-state index in [4.69, 9.17) is 9.47 Å². The Morgan fingerprint density at radius 2 is 1.96 bits per heavy atom. The second-order valence-electron chi connectivity index (χ2n) is 4.60. The monoisotopic (exact) mass is 311 g/mol. The average molecular weight is 311 g/mol. The summed E-state index contributed by atoms with van der Waals surface area (Å²) < 4.78 is 10.1. The Morgan fingerprint density at radius 3 is 2.61 bits per heavy atom. The largest absolute Gasteiger partial charge is 0.482 e. The third kappa shape index (κ3) is 5.39. The molecule has 2 aromatic rings. The number of carbonyl (C=O) groups excluding carboxylic acids is 2. The number of carbonyl (C=O) groups is 2. The molecule has 0 unspecified atom stereocenters. The van der Waals surface area contributed by atoms with Crippen molar-refractivity contribution in [2.75, 3.05) is 13.2 Å². The topological polar surface area (TPSA) is 65.5 Å². The van der Waals surface area contributed by atoms with Crippen LogP contribution in [0.3, 0.4) is 0 Å². The van der Waals surface area contributed by atoms with Gasteiger partial charge in [-0.25, -0.2) is 4.79 Å². The predicted molar refractivity (Wildman–Crippen MR) is 86.2 cm³/mol. The van der Waals surface area contributed by atoms with Crippen LogP contribution in [0.25, 0.3) is 6.08 Å². The number of hydrogen-bond acceptors (Lipinski definition) is 5. The molecule has 0 fully saturated rings. The molecule has 0 radical (unpaired) electrons. The van der Waals surface area contributed by atoms with Gasteiger partial charge in [0.1, 0.15) is 5.75 Å². The molecule has 5 heteroatoms. The van der Waals surface area contributed by atoms with E-state index in [1.807, 2.05) is 0 Å². The zero-order chi connectivity index (χ0) is 16.5. The van der Waals surface area contributed by atoms with Gasteiger partial charge in [0.2, 0.25) is 0 Å². The molecule has 0 aliphatic rings. The molecule has 23 heavy (non-hydrogen) atoms. The third-order valence-corrected chi connectivity index (χ3v) is 2.92. The molecule has 0 saturated heterocycles. The Labute approximate surface area is 134 Å². The zero-order valence-electron chi connectivity index (χ0n) is 12.8. The van der Waals surface area contributed by atoms with Crippen molar-refractivity contribution in [1.82, 2.24) is 4.98 Å². The van der Waals surface area contributed by atoms with Crippen molar-refractivity contribution in [3.8, 4) is 5.75 Å². The summed E-state index contributed by atoms with van der Waals surface area (Å²) in [5.74, 6) is 0.0491. The second kappa shape index (κ2) is 8.48. The summed E-state index contributed by atoms with van der Waals surface area (Å²) in [5, 5.41) is 0. The van der Waals surface area contributed by atoms with Gasteiger partial charge in [0, 0.05) is 18.0 Å². The number of ether oxygens (including phenoxy) is 2. The van der Waals surface area contributed by atoms with E-state index in [1.54, 1.807) is 55.6 Å². The maximum absolute atomic E-state index is 11.9. The summed E-state index contributed by atoms with van der Waals surface area (Å²) in [6.45, 7) is 1.95. The van der Waals surface area contributed by atoms with Crippen molar-refractivity contribution in [1.29, 1.82) is 0 Å². The Balaban J connectivity index is 1.91. The molecule has 0 saturated carbocycles. The molecular formula is C18H17NO4. The van der Waals surface area contributed by atoms with Crippen LogP contribution in [0.4, 0.5) is 0 Å². The number of aromatic nitrogens is 1. The van der Waals surface area contributed by atoms with E-state index < -0.39 is 5.97 Å². The van der Waals surface area contributed by atoms with Gasteiger partial charge in [-0.15, -0.1) is 0 Å². The van der Waals surface area contributed by atoms with Gasteiger partial charge in [-0.3, -0.25) is 9.78 Å². The first-order chi connectivity index (χ1) is 11.2. The number of esters is 1. The van der Waals surface area contributed by atoms with Crippen molar-refractivity contribution < 1.29 is 19.1 Å². The molecule has 1 aromatic heterocycles. The standard InChI is InChI=1S/C18H17NO4/c1-2-22-18(21)13-23-16-8-5-14(6-9-16)7-10-17(20)15-4-3-11-19-12-15/h3-12H,2,13H2,1H3/b10-7+. The number of nitrogens with zero attached hydrogens (tertiary/aromatic N) is 1. The number of hydrogen-bond donors (Lipinski definition) is 0. The molecular weight excluding hydrogens is 294 g/mol. The summed E-state index contributed by atoms with van der Waals surface area (Å²) in [5.41, 5.74) is 1.39. The Morgan fingerprint density at radius 1 is 1.17 bits per heavy atom. The molecule has 0 atom stereocenters. The van der Waals surface area contributed by atoms with Gasteiger partial charge in [0.25, 0.3) is 0 Å². The smallest absolute Gasteiger partial charge is 0.344 e. The lowest BCUT2D eigenvalue weighted by molar-refractivity contribution is -0.145. The van der Waals surface area contributed by atoms with E-state index in [0.717, 1.165) is 5.56 Å². The first-order valence-corrected chi connectivity index (χ1v) is 7.20. The molecule has 5 nitrogen and oxygen atoms in total. The van der Waals surface area contributed by atoms with Crippen molar-refractivity contribution in [2.24, 2.45) is 0 Å². The van der Waals surface area contributed by atoms with Gasteiger partial charge in [-0.05, 0) is 42.8 Å². The minimum atomic E-state index is -0.404. The number of ketones is 1. The second-order valence-corrected chi connectivity index (χ2v) is 4.60. The molecule has 0 bridgehead atoms. The molecule has 0 amide bonds. The van der Waals surface area contributed by atoms with Gasteiger partial charge in [-0.2, -0.15) is 0 Å². The average Bonchev–Trinajstić information content (AvgIpc) is 2.60. The van der Waals surface area contributed by atoms with E-state index in [0.29, 0.717) is 17.9 Å². The van der Waals surface area contributed by atoms with Crippen LogP contribution < -0.4 is 4.74 Å². The van der Waals surface area contributed by atoms with E-state index >= 15 is 0 Å². The summed E-state index contributed by atoms with van der Waals surface area (Å²) in [6, 6.07) is 10.5. The Bertz CT molecular complexity index is 678. The highest BCUT2D eigenvalue weighted by molar-refractivity contribution is 6.06. The highest BCUT2D eigenvalue weighted by atomic mass is 16.6. The first-order valence-electron chi connectivity index (χ1n) is 7.20. The fraction of sp³-hybridized carbons (Fsp3) is 0.167. The summed E-state index contributed by atoms with van der Waals surface area (Å²) in [7, 11) is 0. The van der Waals surface area contributed by atoms with Crippen LogP contribution >= 0.6 is 0 Å². The molecule has 0 N–H and O–H groups in total. The fourth-order valence-corrected chi connectivity index (χ4v) is 1.80. The van der Waals surface area contributed by atoms with Crippen LogP contribution in [0.1, 0.15) is 22.8 Å². The van der Waals surface area contributed by atoms with Crippen LogP contribution in [-0.2, 0) is 9.53 Å². The van der Waals surface area contributed by atoms with Crippen molar-refractivity contribution in [2.45, 2.75) is 6.92 Å². The molecule has 0 aliphatic carbocycles. The van der Waals surface area contributed by atoms with Gasteiger partial charge in [-0.1, -0.05) is 18.2 Å². The maximum atomic E-state index is 11.9. The fourth-order valence-electron chi connectivity index (χ4n) is 1.80. The first kappa shape index (κ1) is 16.4. The van der Waals surface area contributed by atoms with Crippen molar-refractivity contribution in [3.63, 3.8) is 0 Å². The normalized spacial score (nSPS) is 10.5. The number of rotatable bonds is 7. The quantitative estimate of drug-likeness (QED) is 0.447. The molecule has 0 aliphatic heterocycles. The number of pyridine rings is 1. The van der Waals surface area contributed by atoms with Crippen LogP contribution in [0.5, 0.6) is 5.75 Å². The highest BCUT2D eigenvalue weighted by Crippen LogP contribution is 2.13. The molecule has 2 rings (SSSR count). The van der Waals surface area contributed by atoms with E-state index in [9.17, 15) is 9.59 Å². The van der Waals surface area contributed by atoms with Gasteiger partial charge >= 0.3 is 5.97 Å². The van der Waals surface area contributed by atoms with Gasteiger partial charge in [0.15, 0.2) is 12.4 Å². The zero-order valence-corrected chi connectivity index (χ0v) is 12.8. The number of benzene rings is 1. The van der Waals surface area contributed by atoms with E-state index in [2.05, 4.69) is 4.98 Å². The third-order valence-electron chi connectivity index (χ3n) is 2.92. The van der Waals surface area contributed by atoms with Crippen molar-refractivity contribution in [3.05, 3.63) is 66.0 Å².